The van der Waals surface area contributed by atoms with Gasteiger partial charge in [-0.3, -0.25) is 0 Å². The minimum absolute atomic E-state index is 0.214. The molecule has 0 saturated carbocycles. The van der Waals surface area contributed by atoms with Gasteiger partial charge in [0, 0.05) is 17.2 Å². The second-order valence-corrected chi connectivity index (χ2v) is 6.76. The summed E-state index contributed by atoms with van der Waals surface area (Å²) in [5, 5.41) is 6.01. The average molecular weight is 394 g/mol. The van der Waals surface area contributed by atoms with E-state index in [4.69, 9.17) is 27.9 Å². The summed E-state index contributed by atoms with van der Waals surface area (Å²) >= 11 is 13.5. The Morgan fingerprint density at radius 1 is 1.24 bits per heavy atom. The molecule has 2 heterocycles. The number of hydrogen-bond acceptors (Lipinski definition) is 5. The van der Waals surface area contributed by atoms with Gasteiger partial charge in [0.15, 0.2) is 5.69 Å². The summed E-state index contributed by atoms with van der Waals surface area (Å²) in [6.07, 6.45) is 1.65. The number of carbonyl (C=O) groups excluding carboxylic acids is 1. The highest BCUT2D eigenvalue weighted by atomic mass is 35.5. The van der Waals surface area contributed by atoms with Crippen molar-refractivity contribution in [3.05, 3.63) is 64.5 Å². The summed E-state index contributed by atoms with van der Waals surface area (Å²) in [6.45, 7) is 2.03. The standard InChI is InChI=1S/C17H13Cl2N3O2S/c1-2-24-17(23)13-9-16(25-11-7-8-15(19)20-10-11)22(21-13)14-6-4-3-5-12(14)18/h3-10H,2H2,1H3. The zero-order chi connectivity index (χ0) is 17.8. The fourth-order valence-corrected chi connectivity index (χ4v) is 3.29. The number of aromatic nitrogens is 3. The van der Waals surface area contributed by atoms with Gasteiger partial charge in [-0.1, -0.05) is 47.1 Å². The number of esters is 1. The zero-order valence-corrected chi connectivity index (χ0v) is 15.5. The van der Waals surface area contributed by atoms with Gasteiger partial charge in [-0.15, -0.1) is 0 Å². The summed E-state index contributed by atoms with van der Waals surface area (Å²) in [7, 11) is 0. The van der Waals surface area contributed by atoms with Crippen molar-refractivity contribution < 1.29 is 9.53 Å². The largest absolute Gasteiger partial charge is 0.461 e. The first-order valence-electron chi connectivity index (χ1n) is 7.40. The lowest BCUT2D eigenvalue weighted by Gasteiger charge is -2.08. The van der Waals surface area contributed by atoms with Gasteiger partial charge < -0.3 is 4.74 Å². The number of hydrogen-bond donors (Lipinski definition) is 0. The predicted octanol–water partition coefficient (Wildman–Crippen LogP) is 4.90. The first-order chi connectivity index (χ1) is 12.1. The van der Waals surface area contributed by atoms with Gasteiger partial charge in [0.05, 0.1) is 17.3 Å². The summed E-state index contributed by atoms with van der Waals surface area (Å²) in [4.78, 5) is 17.0. The molecule has 0 aliphatic rings. The van der Waals surface area contributed by atoms with Crippen molar-refractivity contribution in [2.45, 2.75) is 16.8 Å². The second kappa shape index (κ2) is 7.91. The molecule has 0 bridgehead atoms. The minimum atomic E-state index is -0.482. The third kappa shape index (κ3) is 4.15. The molecule has 8 heteroatoms. The molecule has 0 radical (unpaired) electrons. The van der Waals surface area contributed by atoms with E-state index < -0.39 is 5.97 Å². The lowest BCUT2D eigenvalue weighted by Crippen LogP contribution is -2.07. The Balaban J connectivity index is 2.03. The van der Waals surface area contributed by atoms with Crippen molar-refractivity contribution in [1.82, 2.24) is 14.8 Å². The van der Waals surface area contributed by atoms with Crippen molar-refractivity contribution in [1.29, 1.82) is 0 Å². The number of halogens is 2. The highest BCUT2D eigenvalue weighted by Crippen LogP contribution is 2.32. The summed E-state index contributed by atoms with van der Waals surface area (Å²) in [5.74, 6) is -0.482. The number of pyridine rings is 1. The normalized spacial score (nSPS) is 10.7. The Kier molecular flexibility index (Phi) is 5.63. The molecule has 5 nitrogen and oxygen atoms in total. The first-order valence-corrected chi connectivity index (χ1v) is 8.97. The lowest BCUT2D eigenvalue weighted by atomic mass is 10.3. The van der Waals surface area contributed by atoms with E-state index in [1.165, 1.54) is 11.8 Å². The van der Waals surface area contributed by atoms with Crippen LogP contribution in [0.2, 0.25) is 10.2 Å². The van der Waals surface area contributed by atoms with Crippen LogP contribution in [0.3, 0.4) is 0 Å². The Hall–Kier alpha value is -2.02. The maximum atomic E-state index is 12.1. The quantitative estimate of drug-likeness (QED) is 0.455. The SMILES string of the molecule is CCOC(=O)c1cc(Sc2ccc(Cl)nc2)n(-c2ccccc2Cl)n1. The molecule has 0 saturated heterocycles. The molecule has 0 unspecified atom stereocenters. The van der Waals surface area contributed by atoms with Crippen LogP contribution in [0.4, 0.5) is 0 Å². The van der Waals surface area contributed by atoms with Crippen molar-refractivity contribution in [2.24, 2.45) is 0 Å². The predicted molar refractivity (Wildman–Crippen MR) is 97.9 cm³/mol. The van der Waals surface area contributed by atoms with Crippen LogP contribution in [0.1, 0.15) is 17.4 Å². The maximum absolute atomic E-state index is 12.1. The molecule has 0 aliphatic heterocycles. The van der Waals surface area contributed by atoms with Gasteiger partial charge in [0.25, 0.3) is 0 Å². The molecule has 0 N–H and O–H groups in total. The van der Waals surface area contributed by atoms with Crippen molar-refractivity contribution in [2.75, 3.05) is 6.61 Å². The van der Waals surface area contributed by atoms with Crippen LogP contribution in [0, 0.1) is 0 Å². The van der Waals surface area contributed by atoms with Crippen LogP contribution in [0.25, 0.3) is 5.69 Å². The number of rotatable bonds is 5. The van der Waals surface area contributed by atoms with E-state index >= 15 is 0 Å². The molecule has 0 aliphatic carbocycles. The molecule has 3 rings (SSSR count). The third-order valence-corrected chi connectivity index (χ3v) is 4.68. The van der Waals surface area contributed by atoms with Gasteiger partial charge >= 0.3 is 5.97 Å². The Morgan fingerprint density at radius 2 is 2.04 bits per heavy atom. The van der Waals surface area contributed by atoms with E-state index in [0.29, 0.717) is 20.9 Å². The number of para-hydroxylation sites is 1. The van der Waals surface area contributed by atoms with E-state index in [1.54, 1.807) is 36.0 Å². The van der Waals surface area contributed by atoms with Crippen LogP contribution in [-0.2, 0) is 4.74 Å². The fourth-order valence-electron chi connectivity index (χ4n) is 2.08. The van der Waals surface area contributed by atoms with Crippen LogP contribution in [0.15, 0.2) is 58.6 Å². The van der Waals surface area contributed by atoms with Crippen LogP contribution >= 0.6 is 35.0 Å². The molecule has 0 fully saturated rings. The topological polar surface area (TPSA) is 57.0 Å². The fraction of sp³-hybridized carbons (Fsp3) is 0.118. The molecule has 2 aromatic heterocycles. The number of nitrogens with zero attached hydrogens (tertiary/aromatic N) is 3. The van der Waals surface area contributed by atoms with E-state index in [9.17, 15) is 4.79 Å². The summed E-state index contributed by atoms with van der Waals surface area (Å²) in [6, 6.07) is 12.5. The third-order valence-electron chi connectivity index (χ3n) is 3.16. The molecule has 0 spiro atoms. The zero-order valence-electron chi connectivity index (χ0n) is 13.1. The van der Waals surface area contributed by atoms with Gasteiger partial charge in [0.1, 0.15) is 10.2 Å². The lowest BCUT2D eigenvalue weighted by molar-refractivity contribution is 0.0519. The Morgan fingerprint density at radius 3 is 2.72 bits per heavy atom. The molecular formula is C17H13Cl2N3O2S. The van der Waals surface area contributed by atoms with Gasteiger partial charge in [-0.2, -0.15) is 5.10 Å². The molecule has 25 heavy (non-hydrogen) atoms. The van der Waals surface area contributed by atoms with Gasteiger partial charge in [0.2, 0.25) is 0 Å². The van der Waals surface area contributed by atoms with Crippen LogP contribution in [0.5, 0.6) is 0 Å². The second-order valence-electron chi connectivity index (χ2n) is 4.87. The van der Waals surface area contributed by atoms with E-state index in [1.807, 2.05) is 24.3 Å². The highest BCUT2D eigenvalue weighted by molar-refractivity contribution is 7.99. The first kappa shape index (κ1) is 17.8. The average Bonchev–Trinajstić information content (AvgIpc) is 3.01. The summed E-state index contributed by atoms with van der Waals surface area (Å²) < 4.78 is 6.66. The van der Waals surface area contributed by atoms with Crippen LogP contribution < -0.4 is 0 Å². The van der Waals surface area contributed by atoms with Gasteiger partial charge in [-0.05, 0) is 31.2 Å². The number of carbonyl (C=O) groups is 1. The molecule has 0 atom stereocenters. The van der Waals surface area contributed by atoms with Crippen molar-refractivity contribution >= 4 is 40.9 Å². The smallest absolute Gasteiger partial charge is 0.358 e. The van der Waals surface area contributed by atoms with Gasteiger partial charge in [-0.25, -0.2) is 14.5 Å². The van der Waals surface area contributed by atoms with Crippen molar-refractivity contribution in [3.8, 4) is 5.69 Å². The highest BCUT2D eigenvalue weighted by Gasteiger charge is 2.18. The molecule has 1 aromatic carbocycles. The number of ether oxygens (including phenoxy) is 1. The monoisotopic (exact) mass is 393 g/mol. The number of benzene rings is 1. The maximum Gasteiger partial charge on any atom is 0.358 e. The van der Waals surface area contributed by atoms with E-state index in [-0.39, 0.29) is 12.3 Å². The van der Waals surface area contributed by atoms with Crippen molar-refractivity contribution in [3.63, 3.8) is 0 Å². The molecule has 0 amide bonds. The van der Waals surface area contributed by atoms with E-state index in [0.717, 1.165) is 4.90 Å². The molecule has 128 valence electrons. The molecular weight excluding hydrogens is 381 g/mol. The summed E-state index contributed by atoms with van der Waals surface area (Å²) in [5.41, 5.74) is 0.885. The Labute approximate surface area is 158 Å². The van der Waals surface area contributed by atoms with Crippen LogP contribution in [-0.4, -0.2) is 27.3 Å². The molecule has 3 aromatic rings. The van der Waals surface area contributed by atoms with E-state index in [2.05, 4.69) is 10.1 Å². The minimum Gasteiger partial charge on any atom is -0.461 e. The Bertz CT molecular complexity index is 897.